The average Bonchev–Trinajstić information content (AvgIpc) is 3.39. The Balaban J connectivity index is 0.00000353. The molecule has 0 spiro atoms. The van der Waals surface area contributed by atoms with Crippen molar-refractivity contribution in [1.29, 1.82) is 0 Å². The van der Waals surface area contributed by atoms with Crippen LogP contribution < -0.4 is 16.0 Å². The lowest BCUT2D eigenvalue weighted by Crippen LogP contribution is -2.43. The number of fused-ring (bicyclic) bond motifs is 1. The van der Waals surface area contributed by atoms with Crippen LogP contribution in [0.4, 0.5) is 34.9 Å². The van der Waals surface area contributed by atoms with E-state index in [0.717, 1.165) is 29.8 Å². The summed E-state index contributed by atoms with van der Waals surface area (Å²) < 4.78 is 54.5. The molecule has 1 atom stereocenters. The Morgan fingerprint density at radius 1 is 0.952 bits per heavy atom. The molecular weight excluding hydrogens is 576 g/mol. The fraction of sp³-hybridized carbons (Fsp3) is 0.259. The van der Waals surface area contributed by atoms with Crippen molar-refractivity contribution in [1.82, 2.24) is 34.7 Å². The summed E-state index contributed by atoms with van der Waals surface area (Å²) in [5.41, 5.74) is 9.20. The van der Waals surface area contributed by atoms with E-state index in [1.165, 1.54) is 37.1 Å². The maximum atomic E-state index is 14.9. The minimum absolute atomic E-state index is 0. The molecule has 0 aliphatic carbocycles. The lowest BCUT2D eigenvalue weighted by atomic mass is 10.0. The fourth-order valence-electron chi connectivity index (χ4n) is 4.84. The standard InChI is InChI=1S/C27H24F4N10.ClH/c28-20-9-22-21(33-5-6-34-22)8-18(20)26-35-4-3-24(39-26)38-25-10-23(40-7-1-2-17(32)14-40)19(12-36-25)16-11-37-41(13-16)15-27(29,30)31;/h3-6,8-13,17H,1-2,7,14-15,32H2,(H,35,36,38,39);1H/t17-;/m0./s1. The quantitative estimate of drug-likeness (QED) is 0.255. The van der Waals surface area contributed by atoms with Crippen LogP contribution in [-0.4, -0.2) is 60.0 Å². The van der Waals surface area contributed by atoms with Crippen LogP contribution >= 0.6 is 12.4 Å². The van der Waals surface area contributed by atoms with E-state index >= 15 is 0 Å². The number of halogens is 5. The van der Waals surface area contributed by atoms with Crippen LogP contribution in [0.3, 0.4) is 0 Å². The molecule has 5 aromatic rings. The number of hydrogen-bond donors (Lipinski definition) is 2. The Labute approximate surface area is 243 Å². The SMILES string of the molecule is Cl.N[C@H]1CCCN(c2cc(Nc3ccnc(-c4cc5nccnc5cc4F)n3)ncc2-c2cnn(CC(F)(F)F)c2)C1. The number of rotatable bonds is 6. The van der Waals surface area contributed by atoms with Gasteiger partial charge in [-0.15, -0.1) is 12.4 Å². The van der Waals surface area contributed by atoms with Gasteiger partial charge in [0.2, 0.25) is 0 Å². The number of piperidine rings is 1. The van der Waals surface area contributed by atoms with Gasteiger partial charge in [-0.25, -0.2) is 19.3 Å². The molecule has 0 amide bonds. The molecule has 1 saturated heterocycles. The van der Waals surface area contributed by atoms with Crippen molar-refractivity contribution in [3.05, 3.63) is 67.3 Å². The number of nitrogens with one attached hydrogen (secondary N) is 1. The van der Waals surface area contributed by atoms with Crippen LogP contribution in [0.15, 0.2) is 61.4 Å². The number of pyridine rings is 1. The molecule has 1 fully saturated rings. The van der Waals surface area contributed by atoms with Gasteiger partial charge in [-0.1, -0.05) is 0 Å². The van der Waals surface area contributed by atoms with Gasteiger partial charge in [0, 0.05) is 79.1 Å². The first-order valence-electron chi connectivity index (χ1n) is 12.8. The van der Waals surface area contributed by atoms with E-state index in [-0.39, 0.29) is 29.8 Å². The van der Waals surface area contributed by atoms with Gasteiger partial charge >= 0.3 is 6.18 Å². The van der Waals surface area contributed by atoms with Crippen LogP contribution in [0.2, 0.25) is 0 Å². The van der Waals surface area contributed by atoms with Crippen molar-refractivity contribution in [3.63, 3.8) is 0 Å². The topological polar surface area (TPSA) is 124 Å². The molecule has 15 heteroatoms. The van der Waals surface area contributed by atoms with Gasteiger partial charge in [-0.05, 0) is 25.0 Å². The normalized spacial score (nSPS) is 15.5. The third-order valence-corrected chi connectivity index (χ3v) is 6.68. The zero-order chi connectivity index (χ0) is 28.6. The third kappa shape index (κ3) is 6.39. The van der Waals surface area contributed by atoms with E-state index < -0.39 is 18.5 Å². The lowest BCUT2D eigenvalue weighted by molar-refractivity contribution is -0.142. The summed E-state index contributed by atoms with van der Waals surface area (Å²) in [6.45, 7) is 0.113. The highest BCUT2D eigenvalue weighted by molar-refractivity contribution is 5.85. The molecule has 0 unspecified atom stereocenters. The number of aromatic nitrogens is 7. The predicted molar refractivity (Wildman–Crippen MR) is 152 cm³/mol. The summed E-state index contributed by atoms with van der Waals surface area (Å²) in [6, 6.07) is 6.20. The summed E-state index contributed by atoms with van der Waals surface area (Å²) in [7, 11) is 0. The summed E-state index contributed by atoms with van der Waals surface area (Å²) in [5.74, 6) is 0.414. The van der Waals surface area contributed by atoms with Crippen molar-refractivity contribution in [2.45, 2.75) is 31.6 Å². The van der Waals surface area contributed by atoms with E-state index in [1.54, 1.807) is 24.4 Å². The number of benzene rings is 1. The molecule has 0 bridgehead atoms. The Morgan fingerprint density at radius 3 is 2.50 bits per heavy atom. The average molecular weight is 601 g/mol. The number of anilines is 3. The Bertz CT molecular complexity index is 1710. The number of alkyl halides is 3. The Hall–Kier alpha value is -4.43. The molecule has 3 N–H and O–H groups in total. The second-order valence-corrected chi connectivity index (χ2v) is 9.74. The van der Waals surface area contributed by atoms with Crippen molar-refractivity contribution >= 4 is 40.8 Å². The van der Waals surface area contributed by atoms with Gasteiger partial charge in [0.05, 0.1) is 22.8 Å². The van der Waals surface area contributed by atoms with Gasteiger partial charge in [0.1, 0.15) is 24.0 Å². The monoisotopic (exact) mass is 600 g/mol. The molecule has 10 nitrogen and oxygen atoms in total. The van der Waals surface area contributed by atoms with E-state index in [1.807, 2.05) is 0 Å². The molecule has 1 aliphatic rings. The van der Waals surface area contributed by atoms with Crippen LogP contribution in [0.1, 0.15) is 12.8 Å². The van der Waals surface area contributed by atoms with E-state index in [9.17, 15) is 17.6 Å². The third-order valence-electron chi connectivity index (χ3n) is 6.68. The zero-order valence-electron chi connectivity index (χ0n) is 22.0. The van der Waals surface area contributed by atoms with Crippen molar-refractivity contribution in [2.24, 2.45) is 5.73 Å². The largest absolute Gasteiger partial charge is 0.408 e. The number of nitrogens with zero attached hydrogens (tertiary/aromatic N) is 8. The zero-order valence-corrected chi connectivity index (χ0v) is 22.8. The van der Waals surface area contributed by atoms with Gasteiger partial charge in [0.25, 0.3) is 0 Å². The number of nitrogens with two attached hydrogens (primary N) is 1. The van der Waals surface area contributed by atoms with Gasteiger partial charge in [-0.3, -0.25) is 14.6 Å². The molecule has 1 aromatic carbocycles. The van der Waals surface area contributed by atoms with Gasteiger partial charge in [-0.2, -0.15) is 18.3 Å². The molecule has 0 saturated carbocycles. The Kier molecular flexibility index (Phi) is 8.18. The predicted octanol–water partition coefficient (Wildman–Crippen LogP) is 5.14. The van der Waals surface area contributed by atoms with Crippen LogP contribution in [-0.2, 0) is 6.54 Å². The molecule has 6 rings (SSSR count). The maximum Gasteiger partial charge on any atom is 0.408 e. The number of hydrogen-bond acceptors (Lipinski definition) is 9. The summed E-state index contributed by atoms with van der Waals surface area (Å²) >= 11 is 0. The van der Waals surface area contributed by atoms with E-state index in [0.29, 0.717) is 40.3 Å². The second-order valence-electron chi connectivity index (χ2n) is 9.74. The second kappa shape index (κ2) is 11.8. The summed E-state index contributed by atoms with van der Waals surface area (Å²) in [6.07, 6.45) is 6.19. The highest BCUT2D eigenvalue weighted by Crippen LogP contribution is 2.35. The van der Waals surface area contributed by atoms with Crippen LogP contribution in [0.25, 0.3) is 33.5 Å². The molecule has 1 aliphatic heterocycles. The van der Waals surface area contributed by atoms with E-state index in [4.69, 9.17) is 5.73 Å². The molecular formula is C27H25ClF4N10. The molecule has 218 valence electrons. The van der Waals surface area contributed by atoms with Crippen molar-refractivity contribution in [2.75, 3.05) is 23.3 Å². The van der Waals surface area contributed by atoms with Crippen molar-refractivity contribution < 1.29 is 17.6 Å². The highest BCUT2D eigenvalue weighted by atomic mass is 35.5. The Morgan fingerprint density at radius 2 is 1.74 bits per heavy atom. The van der Waals surface area contributed by atoms with Gasteiger partial charge < -0.3 is 16.0 Å². The van der Waals surface area contributed by atoms with Crippen LogP contribution in [0.5, 0.6) is 0 Å². The fourth-order valence-corrected chi connectivity index (χ4v) is 4.84. The van der Waals surface area contributed by atoms with Crippen molar-refractivity contribution in [3.8, 4) is 22.5 Å². The minimum atomic E-state index is -4.39. The summed E-state index contributed by atoms with van der Waals surface area (Å²) in [5, 5.41) is 7.02. The molecule has 5 heterocycles. The lowest BCUT2D eigenvalue weighted by Gasteiger charge is -2.34. The molecule has 0 radical (unpaired) electrons. The molecule has 4 aromatic heterocycles. The first-order chi connectivity index (χ1) is 19.7. The van der Waals surface area contributed by atoms with E-state index in [2.05, 4.69) is 40.2 Å². The highest BCUT2D eigenvalue weighted by Gasteiger charge is 2.29. The summed E-state index contributed by atoms with van der Waals surface area (Å²) in [4.78, 5) is 23.6. The van der Waals surface area contributed by atoms with Crippen LogP contribution in [0, 0.1) is 5.82 Å². The maximum absolute atomic E-state index is 14.9. The first kappa shape index (κ1) is 29.1. The minimum Gasteiger partial charge on any atom is -0.369 e. The smallest absolute Gasteiger partial charge is 0.369 e. The van der Waals surface area contributed by atoms with Gasteiger partial charge in [0.15, 0.2) is 5.82 Å². The first-order valence-corrected chi connectivity index (χ1v) is 12.8. The molecule has 42 heavy (non-hydrogen) atoms.